The molecule has 0 amide bonds. The highest BCUT2D eigenvalue weighted by Gasteiger charge is 2.57. The second-order valence-corrected chi connectivity index (χ2v) is 6.01. The summed E-state index contributed by atoms with van der Waals surface area (Å²) in [4.78, 5) is 11.0. The maximum Gasteiger partial charge on any atom is 0.389 e. The van der Waals surface area contributed by atoms with E-state index in [-0.39, 0.29) is 32.1 Å². The van der Waals surface area contributed by atoms with Crippen LogP contribution in [0.4, 0.5) is 30.7 Å². The SMILES string of the molecule is O=C(O)c1ccccc1C(F)(F)C(F)(F)CCCCCCCC(F)(F)F. The second-order valence-electron chi connectivity index (χ2n) is 6.01. The van der Waals surface area contributed by atoms with Crippen LogP contribution < -0.4 is 0 Å². The van der Waals surface area contributed by atoms with E-state index in [9.17, 15) is 35.5 Å². The number of benzene rings is 1. The van der Waals surface area contributed by atoms with E-state index in [2.05, 4.69) is 0 Å². The summed E-state index contributed by atoms with van der Waals surface area (Å²) in [6.07, 6.45) is -6.38. The lowest BCUT2D eigenvalue weighted by Crippen LogP contribution is -2.39. The minimum Gasteiger partial charge on any atom is -0.478 e. The molecule has 1 rings (SSSR count). The second kappa shape index (κ2) is 8.73. The number of alkyl halides is 7. The van der Waals surface area contributed by atoms with Gasteiger partial charge in [0.1, 0.15) is 0 Å². The van der Waals surface area contributed by atoms with Gasteiger partial charge in [0.15, 0.2) is 0 Å². The Morgan fingerprint density at radius 2 is 1.31 bits per heavy atom. The molecule has 0 saturated carbocycles. The first-order chi connectivity index (χ1) is 11.9. The Labute approximate surface area is 146 Å². The Hall–Kier alpha value is -1.80. The van der Waals surface area contributed by atoms with Crippen LogP contribution in [0, 0.1) is 0 Å². The number of carbonyl (C=O) groups is 1. The van der Waals surface area contributed by atoms with Gasteiger partial charge in [-0.05, 0) is 18.9 Å². The summed E-state index contributed by atoms with van der Waals surface area (Å²) < 4.78 is 92.1. The molecule has 0 unspecified atom stereocenters. The van der Waals surface area contributed by atoms with Crippen molar-refractivity contribution in [3.05, 3.63) is 35.4 Å². The predicted octanol–water partition coefficient (Wildman–Crippen LogP) is 6.40. The zero-order valence-corrected chi connectivity index (χ0v) is 13.8. The first-order valence-corrected chi connectivity index (χ1v) is 8.04. The zero-order chi connectivity index (χ0) is 20.0. The molecule has 1 aromatic rings. The highest BCUT2D eigenvalue weighted by atomic mass is 19.4. The first-order valence-electron chi connectivity index (χ1n) is 8.04. The van der Waals surface area contributed by atoms with Gasteiger partial charge < -0.3 is 5.11 Å². The van der Waals surface area contributed by atoms with Crippen molar-refractivity contribution in [2.75, 3.05) is 0 Å². The lowest BCUT2D eigenvalue weighted by molar-refractivity contribution is -0.220. The summed E-state index contributed by atoms with van der Waals surface area (Å²) in [6, 6.07) is 3.67. The number of aromatic carboxylic acids is 1. The molecule has 0 aliphatic heterocycles. The van der Waals surface area contributed by atoms with Crippen molar-refractivity contribution in [3.8, 4) is 0 Å². The molecule has 26 heavy (non-hydrogen) atoms. The maximum atomic E-state index is 14.2. The largest absolute Gasteiger partial charge is 0.478 e. The molecule has 0 atom stereocenters. The smallest absolute Gasteiger partial charge is 0.389 e. The molecule has 0 aliphatic rings. The summed E-state index contributed by atoms with van der Waals surface area (Å²) in [5.74, 6) is -10.9. The van der Waals surface area contributed by atoms with E-state index < -0.39 is 48.0 Å². The van der Waals surface area contributed by atoms with Gasteiger partial charge in [-0.2, -0.15) is 30.7 Å². The van der Waals surface area contributed by atoms with Crippen LogP contribution in [0.25, 0.3) is 0 Å². The number of rotatable bonds is 10. The number of carboxylic acid groups (broad SMARTS) is 1. The fraction of sp³-hybridized carbons (Fsp3) is 0.588. The average molecular weight is 388 g/mol. The van der Waals surface area contributed by atoms with Crippen LogP contribution >= 0.6 is 0 Å². The van der Waals surface area contributed by atoms with Crippen molar-refractivity contribution in [2.45, 2.75) is 63.0 Å². The van der Waals surface area contributed by atoms with E-state index >= 15 is 0 Å². The van der Waals surface area contributed by atoms with Crippen LogP contribution in [-0.2, 0) is 5.92 Å². The van der Waals surface area contributed by atoms with Crippen molar-refractivity contribution >= 4 is 5.97 Å². The molecule has 148 valence electrons. The third-order valence-corrected chi connectivity index (χ3v) is 3.91. The summed E-state index contributed by atoms with van der Waals surface area (Å²) in [5.41, 5.74) is -2.16. The number of halogens is 7. The molecule has 0 fully saturated rings. The van der Waals surface area contributed by atoms with Gasteiger partial charge in [0.25, 0.3) is 0 Å². The van der Waals surface area contributed by atoms with E-state index in [1.807, 2.05) is 0 Å². The third kappa shape index (κ3) is 6.17. The summed E-state index contributed by atoms with van der Waals surface area (Å²) >= 11 is 0. The summed E-state index contributed by atoms with van der Waals surface area (Å²) in [5, 5.41) is 8.89. The quantitative estimate of drug-likeness (QED) is 0.372. The fourth-order valence-electron chi connectivity index (χ4n) is 2.50. The van der Waals surface area contributed by atoms with Crippen molar-refractivity contribution in [1.82, 2.24) is 0 Å². The zero-order valence-electron chi connectivity index (χ0n) is 13.8. The Balaban J connectivity index is 2.60. The number of hydrogen-bond acceptors (Lipinski definition) is 1. The molecular formula is C17H19F7O2. The van der Waals surface area contributed by atoms with Gasteiger partial charge in [0, 0.05) is 18.4 Å². The van der Waals surface area contributed by atoms with Crippen LogP contribution in [0.2, 0.25) is 0 Å². The molecule has 0 bridgehead atoms. The minimum atomic E-state index is -4.67. The van der Waals surface area contributed by atoms with E-state index in [0.717, 1.165) is 18.2 Å². The predicted molar refractivity (Wildman–Crippen MR) is 80.6 cm³/mol. The molecule has 0 aromatic heterocycles. The summed E-state index contributed by atoms with van der Waals surface area (Å²) in [7, 11) is 0. The summed E-state index contributed by atoms with van der Waals surface area (Å²) in [6.45, 7) is 0. The van der Waals surface area contributed by atoms with Crippen molar-refractivity contribution in [2.24, 2.45) is 0 Å². The minimum absolute atomic E-state index is 0.0874. The Morgan fingerprint density at radius 1 is 0.808 bits per heavy atom. The molecule has 0 radical (unpaired) electrons. The van der Waals surface area contributed by atoms with Crippen molar-refractivity contribution in [3.63, 3.8) is 0 Å². The van der Waals surface area contributed by atoms with Gasteiger partial charge in [0.05, 0.1) is 5.56 Å². The molecular weight excluding hydrogens is 369 g/mol. The third-order valence-electron chi connectivity index (χ3n) is 3.91. The number of carboxylic acids is 1. The molecule has 0 heterocycles. The highest BCUT2D eigenvalue weighted by molar-refractivity contribution is 5.89. The van der Waals surface area contributed by atoms with Crippen molar-refractivity contribution in [1.29, 1.82) is 0 Å². The van der Waals surface area contributed by atoms with Crippen LogP contribution in [0.5, 0.6) is 0 Å². The van der Waals surface area contributed by atoms with Crippen LogP contribution in [0.1, 0.15) is 60.9 Å². The Bertz CT molecular complexity index is 597. The first kappa shape index (κ1) is 22.2. The fourth-order valence-corrected chi connectivity index (χ4v) is 2.50. The molecule has 0 saturated heterocycles. The van der Waals surface area contributed by atoms with Gasteiger partial charge in [-0.15, -0.1) is 0 Å². The van der Waals surface area contributed by atoms with E-state index in [4.69, 9.17) is 5.11 Å². The van der Waals surface area contributed by atoms with Crippen LogP contribution in [0.15, 0.2) is 24.3 Å². The van der Waals surface area contributed by atoms with Gasteiger partial charge >= 0.3 is 24.0 Å². The van der Waals surface area contributed by atoms with E-state index in [0.29, 0.717) is 6.07 Å². The van der Waals surface area contributed by atoms with Gasteiger partial charge in [-0.3, -0.25) is 0 Å². The van der Waals surface area contributed by atoms with E-state index in [1.165, 1.54) is 0 Å². The molecule has 2 nitrogen and oxygen atoms in total. The highest BCUT2D eigenvalue weighted by Crippen LogP contribution is 2.46. The number of hydrogen-bond donors (Lipinski definition) is 1. The normalized spacial score (nSPS) is 13.0. The average Bonchev–Trinajstić information content (AvgIpc) is 2.52. The van der Waals surface area contributed by atoms with Crippen molar-refractivity contribution < 1.29 is 40.6 Å². The molecule has 1 N–H and O–H groups in total. The van der Waals surface area contributed by atoms with Crippen LogP contribution in [-0.4, -0.2) is 23.2 Å². The molecule has 9 heteroatoms. The molecule has 1 aromatic carbocycles. The van der Waals surface area contributed by atoms with Crippen LogP contribution in [0.3, 0.4) is 0 Å². The monoisotopic (exact) mass is 388 g/mol. The Kier molecular flexibility index (Phi) is 7.46. The molecule has 0 spiro atoms. The lowest BCUT2D eigenvalue weighted by atomic mass is 9.93. The van der Waals surface area contributed by atoms with Gasteiger partial charge in [0.2, 0.25) is 0 Å². The topological polar surface area (TPSA) is 37.3 Å². The standard InChI is InChI=1S/C17H19F7O2/c18-15(19,10-6-2-1-3-7-11-16(20,21)22)17(23,24)13-9-5-4-8-12(13)14(25)26/h4-5,8-9H,1-3,6-7,10-11H2,(H,25,26). The van der Waals surface area contributed by atoms with Gasteiger partial charge in [-0.1, -0.05) is 37.5 Å². The Morgan fingerprint density at radius 3 is 1.85 bits per heavy atom. The number of unbranched alkanes of at least 4 members (excludes halogenated alkanes) is 4. The molecule has 0 aliphatic carbocycles. The van der Waals surface area contributed by atoms with E-state index in [1.54, 1.807) is 0 Å². The lowest BCUT2D eigenvalue weighted by Gasteiger charge is -2.28. The maximum absolute atomic E-state index is 14.2. The van der Waals surface area contributed by atoms with Gasteiger partial charge in [-0.25, -0.2) is 4.79 Å².